The molecule has 0 aliphatic carbocycles. The number of carbonyl (C=O) groups excluding carboxylic acids is 1. The molecule has 0 saturated carbocycles. The summed E-state index contributed by atoms with van der Waals surface area (Å²) in [6.07, 6.45) is 1.04. The van der Waals surface area contributed by atoms with Crippen LogP contribution in [-0.4, -0.2) is 26.7 Å². The first-order chi connectivity index (χ1) is 10.8. The van der Waals surface area contributed by atoms with Gasteiger partial charge in [-0.2, -0.15) is 0 Å². The second kappa shape index (κ2) is 5.70. The molecule has 1 amide bonds. The lowest BCUT2D eigenvalue weighted by Gasteiger charge is -2.14. The maximum atomic E-state index is 12.4. The number of sulfone groups is 1. The average molecular weight is 331 g/mol. The smallest absolute Gasteiger partial charge is 0.265 e. The molecule has 1 unspecified atom stereocenters. The third-order valence-electron chi connectivity index (χ3n) is 3.83. The van der Waals surface area contributed by atoms with Crippen LogP contribution in [0.25, 0.3) is 0 Å². The average Bonchev–Trinajstić information content (AvgIpc) is 2.92. The molecular weight excluding hydrogens is 314 g/mol. The molecule has 1 aliphatic heterocycles. The van der Waals surface area contributed by atoms with Crippen molar-refractivity contribution in [1.82, 2.24) is 0 Å². The fourth-order valence-electron chi connectivity index (χ4n) is 2.51. The summed E-state index contributed by atoms with van der Waals surface area (Å²) in [4.78, 5) is 12.6. The predicted molar refractivity (Wildman–Crippen MR) is 87.5 cm³/mol. The van der Waals surface area contributed by atoms with Gasteiger partial charge in [0.15, 0.2) is 15.9 Å². The summed E-state index contributed by atoms with van der Waals surface area (Å²) in [5.74, 6) is 0.434. The third-order valence-corrected chi connectivity index (χ3v) is 4.94. The summed E-state index contributed by atoms with van der Waals surface area (Å²) in [5.41, 5.74) is 2.27. The van der Waals surface area contributed by atoms with E-state index in [9.17, 15) is 13.2 Å². The minimum absolute atomic E-state index is 0.175. The molecular formula is C17H17NO4S. The molecule has 6 heteroatoms. The van der Waals surface area contributed by atoms with E-state index in [1.54, 1.807) is 6.07 Å². The molecule has 3 rings (SSSR count). The SMILES string of the molecule is Cc1ccc(S(C)(=O)=O)cc1NC(=O)C1Cc2ccccc2O1. The molecule has 23 heavy (non-hydrogen) atoms. The Bertz CT molecular complexity index is 849. The van der Waals surface area contributed by atoms with E-state index in [1.165, 1.54) is 12.1 Å². The normalized spacial score (nSPS) is 16.5. The van der Waals surface area contributed by atoms with Gasteiger partial charge in [-0.1, -0.05) is 24.3 Å². The maximum Gasteiger partial charge on any atom is 0.265 e. The van der Waals surface area contributed by atoms with Crippen molar-refractivity contribution in [2.75, 3.05) is 11.6 Å². The maximum absolute atomic E-state index is 12.4. The molecule has 1 aliphatic rings. The van der Waals surface area contributed by atoms with Crippen molar-refractivity contribution in [1.29, 1.82) is 0 Å². The first-order valence-electron chi connectivity index (χ1n) is 7.21. The van der Waals surface area contributed by atoms with Crippen LogP contribution in [0.3, 0.4) is 0 Å². The number of rotatable bonds is 3. The Balaban J connectivity index is 1.79. The number of para-hydroxylation sites is 1. The van der Waals surface area contributed by atoms with Crippen LogP contribution in [0.2, 0.25) is 0 Å². The van der Waals surface area contributed by atoms with Crippen molar-refractivity contribution in [2.24, 2.45) is 0 Å². The minimum Gasteiger partial charge on any atom is -0.480 e. The number of hydrogen-bond donors (Lipinski definition) is 1. The molecule has 0 spiro atoms. The van der Waals surface area contributed by atoms with Crippen LogP contribution in [0.1, 0.15) is 11.1 Å². The molecule has 0 fully saturated rings. The Morgan fingerprint density at radius 3 is 2.65 bits per heavy atom. The predicted octanol–water partition coefficient (Wildman–Crippen LogP) is 2.34. The Kier molecular flexibility index (Phi) is 3.85. The second-order valence-electron chi connectivity index (χ2n) is 5.66. The van der Waals surface area contributed by atoms with Gasteiger partial charge in [-0.15, -0.1) is 0 Å². The molecule has 0 bridgehead atoms. The summed E-state index contributed by atoms with van der Waals surface area (Å²) < 4.78 is 28.9. The van der Waals surface area contributed by atoms with Gasteiger partial charge in [-0.3, -0.25) is 4.79 Å². The fraction of sp³-hybridized carbons (Fsp3) is 0.235. The van der Waals surface area contributed by atoms with Crippen LogP contribution in [-0.2, 0) is 21.1 Å². The minimum atomic E-state index is -3.32. The monoisotopic (exact) mass is 331 g/mol. The number of fused-ring (bicyclic) bond motifs is 1. The van der Waals surface area contributed by atoms with Crippen molar-refractivity contribution in [3.05, 3.63) is 53.6 Å². The number of nitrogens with one attached hydrogen (secondary N) is 1. The van der Waals surface area contributed by atoms with Crippen LogP contribution >= 0.6 is 0 Å². The Labute approximate surface area is 135 Å². The molecule has 0 saturated heterocycles. The van der Waals surface area contributed by atoms with E-state index < -0.39 is 15.9 Å². The number of benzene rings is 2. The van der Waals surface area contributed by atoms with Gasteiger partial charge in [0, 0.05) is 18.4 Å². The highest BCUT2D eigenvalue weighted by molar-refractivity contribution is 7.90. The zero-order valence-corrected chi connectivity index (χ0v) is 13.7. The Morgan fingerprint density at radius 2 is 1.96 bits per heavy atom. The van der Waals surface area contributed by atoms with E-state index in [-0.39, 0.29) is 10.8 Å². The van der Waals surface area contributed by atoms with Gasteiger partial charge in [0.2, 0.25) is 0 Å². The Hall–Kier alpha value is -2.34. The van der Waals surface area contributed by atoms with Gasteiger partial charge >= 0.3 is 0 Å². The summed E-state index contributed by atoms with van der Waals surface area (Å²) >= 11 is 0. The summed E-state index contributed by atoms with van der Waals surface area (Å²) in [5, 5.41) is 2.77. The van der Waals surface area contributed by atoms with Gasteiger partial charge in [-0.05, 0) is 36.2 Å². The largest absolute Gasteiger partial charge is 0.480 e. The molecule has 5 nitrogen and oxygen atoms in total. The van der Waals surface area contributed by atoms with Gasteiger partial charge in [0.05, 0.1) is 4.90 Å². The van der Waals surface area contributed by atoms with Crippen molar-refractivity contribution >= 4 is 21.4 Å². The lowest BCUT2D eigenvalue weighted by molar-refractivity contribution is -0.122. The Morgan fingerprint density at radius 1 is 1.22 bits per heavy atom. The van der Waals surface area contributed by atoms with Crippen molar-refractivity contribution in [3.8, 4) is 5.75 Å². The van der Waals surface area contributed by atoms with Gasteiger partial charge in [-0.25, -0.2) is 8.42 Å². The van der Waals surface area contributed by atoms with E-state index >= 15 is 0 Å². The van der Waals surface area contributed by atoms with Crippen molar-refractivity contribution in [2.45, 2.75) is 24.3 Å². The number of amides is 1. The fourth-order valence-corrected chi connectivity index (χ4v) is 3.16. The van der Waals surface area contributed by atoms with E-state index in [0.29, 0.717) is 17.9 Å². The lowest BCUT2D eigenvalue weighted by Crippen LogP contribution is -2.31. The van der Waals surface area contributed by atoms with E-state index in [4.69, 9.17) is 4.74 Å². The van der Waals surface area contributed by atoms with Crippen LogP contribution in [0.4, 0.5) is 5.69 Å². The van der Waals surface area contributed by atoms with Crippen molar-refractivity contribution in [3.63, 3.8) is 0 Å². The summed E-state index contributed by atoms with van der Waals surface area (Å²) in [6, 6.07) is 12.2. The highest BCUT2D eigenvalue weighted by atomic mass is 32.2. The highest BCUT2D eigenvalue weighted by Gasteiger charge is 2.29. The van der Waals surface area contributed by atoms with E-state index in [1.807, 2.05) is 31.2 Å². The molecule has 1 atom stereocenters. The van der Waals surface area contributed by atoms with Crippen molar-refractivity contribution < 1.29 is 17.9 Å². The van der Waals surface area contributed by atoms with Gasteiger partial charge in [0.1, 0.15) is 5.75 Å². The van der Waals surface area contributed by atoms with Crippen LogP contribution in [0.5, 0.6) is 5.75 Å². The molecule has 0 radical (unpaired) electrons. The molecule has 1 N–H and O–H groups in total. The number of ether oxygens (including phenoxy) is 1. The number of carbonyl (C=O) groups is 1. The topological polar surface area (TPSA) is 72.5 Å². The molecule has 2 aromatic rings. The molecule has 0 aromatic heterocycles. The molecule has 2 aromatic carbocycles. The second-order valence-corrected chi connectivity index (χ2v) is 7.67. The van der Waals surface area contributed by atoms with E-state index in [2.05, 4.69) is 5.32 Å². The standard InChI is InChI=1S/C17H17NO4S/c1-11-7-8-13(23(2,20)21)10-14(11)18-17(19)16-9-12-5-3-4-6-15(12)22-16/h3-8,10,16H,9H2,1-2H3,(H,18,19). The summed E-state index contributed by atoms with van der Waals surface area (Å²) in [6.45, 7) is 1.81. The first-order valence-corrected chi connectivity index (χ1v) is 9.10. The molecule has 120 valence electrons. The summed E-state index contributed by atoms with van der Waals surface area (Å²) in [7, 11) is -3.32. The quantitative estimate of drug-likeness (QED) is 0.937. The number of aryl methyl sites for hydroxylation is 1. The number of anilines is 1. The highest BCUT2D eigenvalue weighted by Crippen LogP contribution is 2.29. The number of hydrogen-bond acceptors (Lipinski definition) is 4. The van der Waals surface area contributed by atoms with Crippen LogP contribution in [0.15, 0.2) is 47.4 Å². The lowest BCUT2D eigenvalue weighted by atomic mass is 10.1. The van der Waals surface area contributed by atoms with Gasteiger partial charge < -0.3 is 10.1 Å². The zero-order chi connectivity index (χ0) is 16.6. The molecule has 1 heterocycles. The first kappa shape index (κ1) is 15.6. The van der Waals surface area contributed by atoms with Gasteiger partial charge in [0.25, 0.3) is 5.91 Å². The van der Waals surface area contributed by atoms with Crippen LogP contribution in [0, 0.1) is 6.92 Å². The van der Waals surface area contributed by atoms with E-state index in [0.717, 1.165) is 17.4 Å². The van der Waals surface area contributed by atoms with Crippen LogP contribution < -0.4 is 10.1 Å². The zero-order valence-electron chi connectivity index (χ0n) is 12.9. The third kappa shape index (κ3) is 3.22.